The van der Waals surface area contributed by atoms with Crippen molar-refractivity contribution in [1.29, 1.82) is 5.26 Å². The lowest BCUT2D eigenvalue weighted by atomic mass is 10.1. The van der Waals surface area contributed by atoms with Crippen LogP contribution in [-0.2, 0) is 0 Å². The number of nitriles is 1. The second-order valence-electron chi connectivity index (χ2n) is 5.29. The van der Waals surface area contributed by atoms with E-state index in [9.17, 15) is 9.59 Å². The Balaban J connectivity index is 2.12. The molecule has 0 saturated carbocycles. The van der Waals surface area contributed by atoms with Crippen molar-refractivity contribution in [3.05, 3.63) is 59.2 Å². The summed E-state index contributed by atoms with van der Waals surface area (Å²) in [5.74, 6) is -0.781. The number of fused-ring (bicyclic) bond motifs is 1. The zero-order valence-corrected chi connectivity index (χ0v) is 14.4. The van der Waals surface area contributed by atoms with Crippen molar-refractivity contribution in [2.75, 3.05) is 11.2 Å². The predicted molar refractivity (Wildman–Crippen MR) is 98.1 cm³/mol. The Morgan fingerprint density at radius 3 is 2.60 bits per heavy atom. The van der Waals surface area contributed by atoms with Crippen LogP contribution in [0.5, 0.6) is 0 Å². The van der Waals surface area contributed by atoms with Gasteiger partial charge in [-0.25, -0.2) is 9.89 Å². The van der Waals surface area contributed by atoms with E-state index in [4.69, 9.17) is 5.26 Å². The van der Waals surface area contributed by atoms with Crippen molar-refractivity contribution in [2.45, 2.75) is 6.92 Å². The van der Waals surface area contributed by atoms with Crippen LogP contribution in [-0.4, -0.2) is 23.2 Å². The lowest BCUT2D eigenvalue weighted by Gasteiger charge is -2.16. The summed E-state index contributed by atoms with van der Waals surface area (Å²) in [5.41, 5.74) is 2.31. The summed E-state index contributed by atoms with van der Waals surface area (Å²) in [4.78, 5) is 31.2. The van der Waals surface area contributed by atoms with Crippen molar-refractivity contribution >= 4 is 40.1 Å². The molecule has 2 amide bonds. The minimum absolute atomic E-state index is 0.252. The van der Waals surface area contributed by atoms with Gasteiger partial charge in [-0.3, -0.25) is 14.9 Å². The van der Waals surface area contributed by atoms with Gasteiger partial charge in [-0.15, -0.1) is 0 Å². The lowest BCUT2D eigenvalue weighted by Crippen LogP contribution is -2.30. The summed E-state index contributed by atoms with van der Waals surface area (Å²) in [6.45, 7) is 1.85. The minimum Gasteiger partial charge on any atom is -0.271 e. The average Bonchev–Trinajstić information content (AvgIpc) is 2.87. The molecule has 124 valence electrons. The van der Waals surface area contributed by atoms with Gasteiger partial charge in [0.05, 0.1) is 22.5 Å². The number of aryl methyl sites for hydroxylation is 1. The van der Waals surface area contributed by atoms with E-state index in [1.807, 2.05) is 19.1 Å². The third kappa shape index (κ3) is 2.88. The molecule has 25 heavy (non-hydrogen) atoms. The fourth-order valence-corrected chi connectivity index (χ4v) is 3.01. The van der Waals surface area contributed by atoms with Gasteiger partial charge in [-0.2, -0.15) is 5.26 Å². The van der Waals surface area contributed by atoms with Crippen LogP contribution in [0.25, 0.3) is 0 Å². The molecule has 1 aliphatic heterocycles. The molecule has 0 aliphatic carbocycles. The number of hydrogen-bond donors (Lipinski definition) is 1. The van der Waals surface area contributed by atoms with Crippen molar-refractivity contribution in [3.8, 4) is 6.19 Å². The molecule has 0 spiro atoms. The molecule has 2 aromatic carbocycles. The van der Waals surface area contributed by atoms with E-state index < -0.39 is 5.91 Å². The van der Waals surface area contributed by atoms with E-state index in [2.05, 4.69) is 10.3 Å². The lowest BCUT2D eigenvalue weighted by molar-refractivity contribution is 0.0926. The van der Waals surface area contributed by atoms with Crippen molar-refractivity contribution < 1.29 is 9.59 Å². The fourth-order valence-electron chi connectivity index (χ4n) is 2.68. The zero-order chi connectivity index (χ0) is 18.0. The molecule has 1 aliphatic rings. The number of nitrogens with one attached hydrogen (secondary N) is 1. The smallest absolute Gasteiger partial charge is 0.268 e. The van der Waals surface area contributed by atoms with Crippen LogP contribution in [0.2, 0.25) is 0 Å². The van der Waals surface area contributed by atoms with E-state index in [0.29, 0.717) is 22.1 Å². The molecule has 0 radical (unpaired) electrons. The highest BCUT2D eigenvalue weighted by Gasteiger charge is 2.39. The van der Waals surface area contributed by atoms with E-state index in [1.165, 1.54) is 16.7 Å². The SMILES string of the molecule is CSC(=Nc1cccc2c1C(=O)N(c1ccccc1C)C2=O)NC#N. The Labute approximate surface area is 149 Å². The Morgan fingerprint density at radius 1 is 1.16 bits per heavy atom. The predicted octanol–water partition coefficient (Wildman–Crippen LogP) is 3.22. The van der Waals surface area contributed by atoms with E-state index in [1.54, 1.807) is 42.8 Å². The van der Waals surface area contributed by atoms with Crippen molar-refractivity contribution in [1.82, 2.24) is 5.32 Å². The number of carbonyl (C=O) groups is 2. The number of thioether (sulfide) groups is 1. The number of benzene rings is 2. The first-order valence-electron chi connectivity index (χ1n) is 7.43. The van der Waals surface area contributed by atoms with Crippen LogP contribution in [0.1, 0.15) is 26.3 Å². The van der Waals surface area contributed by atoms with Crippen LogP contribution in [0.15, 0.2) is 47.5 Å². The number of amides is 2. The van der Waals surface area contributed by atoms with Crippen LogP contribution in [0.3, 0.4) is 0 Å². The molecule has 0 unspecified atom stereocenters. The average molecular weight is 350 g/mol. The third-order valence-corrected chi connectivity index (χ3v) is 4.41. The van der Waals surface area contributed by atoms with Gasteiger partial charge in [-0.1, -0.05) is 36.0 Å². The standard InChI is InChI=1S/C18H14N4O2S/c1-11-6-3-4-9-14(11)22-16(23)12-7-5-8-13(15(12)17(22)24)21-18(25-2)20-10-19/h3-9H,1-2H3,(H,20,21). The molecule has 0 fully saturated rings. The van der Waals surface area contributed by atoms with Gasteiger partial charge in [0.1, 0.15) is 0 Å². The highest BCUT2D eigenvalue weighted by atomic mass is 32.2. The number of carbonyl (C=O) groups excluding carboxylic acids is 2. The molecular formula is C18H14N4O2S. The summed E-state index contributed by atoms with van der Waals surface area (Å²) >= 11 is 1.24. The normalized spacial score (nSPS) is 13.6. The molecule has 2 aromatic rings. The monoisotopic (exact) mass is 350 g/mol. The summed E-state index contributed by atoms with van der Waals surface area (Å²) < 4.78 is 0. The molecule has 0 saturated heterocycles. The maximum Gasteiger partial charge on any atom is 0.268 e. The Kier molecular flexibility index (Phi) is 4.55. The quantitative estimate of drug-likeness (QED) is 0.295. The molecule has 0 aromatic heterocycles. The summed E-state index contributed by atoms with van der Waals surface area (Å²) in [6.07, 6.45) is 3.57. The van der Waals surface area contributed by atoms with Crippen LogP contribution in [0, 0.1) is 18.4 Å². The van der Waals surface area contributed by atoms with Crippen LogP contribution >= 0.6 is 11.8 Å². The van der Waals surface area contributed by atoms with Gasteiger partial charge >= 0.3 is 0 Å². The summed E-state index contributed by atoms with van der Waals surface area (Å²) in [5, 5.41) is 11.6. The van der Waals surface area contributed by atoms with Gasteiger partial charge in [0.15, 0.2) is 11.4 Å². The Hall–Kier alpha value is -3.11. The number of rotatable bonds is 2. The molecule has 0 atom stereocenters. The fraction of sp³-hybridized carbons (Fsp3) is 0.111. The molecule has 1 N–H and O–H groups in total. The third-order valence-electron chi connectivity index (χ3n) is 3.83. The second-order valence-corrected chi connectivity index (χ2v) is 6.08. The number of aliphatic imine (C=N–C) groups is 1. The van der Waals surface area contributed by atoms with Crippen LogP contribution in [0.4, 0.5) is 11.4 Å². The van der Waals surface area contributed by atoms with Crippen LogP contribution < -0.4 is 10.2 Å². The van der Waals surface area contributed by atoms with Gasteiger partial charge < -0.3 is 0 Å². The van der Waals surface area contributed by atoms with Gasteiger partial charge in [0.2, 0.25) is 0 Å². The first kappa shape index (κ1) is 16.7. The van der Waals surface area contributed by atoms with E-state index in [-0.39, 0.29) is 11.5 Å². The largest absolute Gasteiger partial charge is 0.271 e. The number of nitrogens with zero attached hydrogens (tertiary/aromatic N) is 3. The Bertz CT molecular complexity index is 946. The number of hydrogen-bond acceptors (Lipinski definition) is 5. The van der Waals surface area contributed by atoms with Crippen molar-refractivity contribution in [3.63, 3.8) is 0 Å². The van der Waals surface area contributed by atoms with E-state index in [0.717, 1.165) is 5.56 Å². The second kappa shape index (κ2) is 6.79. The maximum atomic E-state index is 13.0. The molecule has 1 heterocycles. The highest BCUT2D eigenvalue weighted by molar-refractivity contribution is 8.13. The molecular weight excluding hydrogens is 336 g/mol. The molecule has 7 heteroatoms. The Morgan fingerprint density at radius 2 is 1.92 bits per heavy atom. The number of para-hydroxylation sites is 1. The minimum atomic E-state index is -0.411. The molecule has 0 bridgehead atoms. The first-order valence-corrected chi connectivity index (χ1v) is 8.66. The highest BCUT2D eigenvalue weighted by Crippen LogP contribution is 2.35. The van der Waals surface area contributed by atoms with Gasteiger partial charge in [-0.05, 0) is 36.9 Å². The number of amidine groups is 1. The number of imide groups is 1. The summed E-state index contributed by atoms with van der Waals surface area (Å²) in [7, 11) is 0. The maximum absolute atomic E-state index is 13.0. The zero-order valence-electron chi connectivity index (χ0n) is 13.6. The summed E-state index contributed by atoms with van der Waals surface area (Å²) in [6, 6.07) is 12.2. The van der Waals surface area contributed by atoms with Crippen molar-refractivity contribution in [2.24, 2.45) is 4.99 Å². The van der Waals surface area contributed by atoms with Gasteiger partial charge in [0.25, 0.3) is 11.8 Å². The molecule has 3 rings (SSSR count). The number of anilines is 1. The van der Waals surface area contributed by atoms with E-state index >= 15 is 0 Å². The molecule has 6 nitrogen and oxygen atoms in total. The first-order chi connectivity index (χ1) is 12.1. The van der Waals surface area contributed by atoms with Gasteiger partial charge in [0, 0.05) is 0 Å². The topological polar surface area (TPSA) is 85.6 Å².